The van der Waals surface area contributed by atoms with Crippen LogP contribution in [0.5, 0.6) is 11.5 Å². The molecule has 0 aliphatic carbocycles. The van der Waals surface area contributed by atoms with Crippen LogP contribution in [0.3, 0.4) is 0 Å². The number of carbonyl (C=O) groups excluding carboxylic acids is 1. The van der Waals surface area contributed by atoms with Gasteiger partial charge in [-0.15, -0.1) is 0 Å². The van der Waals surface area contributed by atoms with Crippen molar-refractivity contribution in [1.82, 2.24) is 15.6 Å². The summed E-state index contributed by atoms with van der Waals surface area (Å²) in [5.74, 6) is 0.979. The molecule has 0 fully saturated rings. The summed E-state index contributed by atoms with van der Waals surface area (Å²) in [4.78, 5) is 15.9. The molecule has 1 aromatic carbocycles. The maximum atomic E-state index is 12.0. The van der Waals surface area contributed by atoms with Gasteiger partial charge < -0.3 is 15.4 Å². The van der Waals surface area contributed by atoms with E-state index in [2.05, 4.69) is 15.6 Å². The molecule has 2 aromatic rings. The zero-order valence-electron chi connectivity index (χ0n) is 12.3. The van der Waals surface area contributed by atoms with Gasteiger partial charge in [-0.05, 0) is 36.9 Å². The second-order valence-electron chi connectivity index (χ2n) is 4.54. The van der Waals surface area contributed by atoms with Gasteiger partial charge in [0, 0.05) is 31.0 Å². The van der Waals surface area contributed by atoms with E-state index in [9.17, 15) is 4.79 Å². The van der Waals surface area contributed by atoms with Crippen LogP contribution in [-0.2, 0) is 0 Å². The predicted octanol–water partition coefficient (Wildman–Crippen LogP) is 2.87. The van der Waals surface area contributed by atoms with Gasteiger partial charge in [0.2, 0.25) is 0 Å². The van der Waals surface area contributed by atoms with Gasteiger partial charge in [-0.25, -0.2) is 0 Å². The largest absolute Gasteiger partial charge is 0.456 e. The highest BCUT2D eigenvalue weighted by Crippen LogP contribution is 2.29. The fourth-order valence-electron chi connectivity index (χ4n) is 1.80. The predicted molar refractivity (Wildman–Crippen MR) is 86.6 cm³/mol. The first-order chi connectivity index (χ1) is 10.7. The molecule has 5 nitrogen and oxygen atoms in total. The van der Waals surface area contributed by atoms with Crippen LogP contribution in [-0.4, -0.2) is 30.5 Å². The van der Waals surface area contributed by atoms with Gasteiger partial charge in [0.25, 0.3) is 5.91 Å². The molecule has 0 unspecified atom stereocenters. The van der Waals surface area contributed by atoms with Crippen molar-refractivity contribution >= 4 is 17.5 Å². The zero-order valence-corrected chi connectivity index (χ0v) is 13.1. The highest BCUT2D eigenvalue weighted by atomic mass is 35.5. The van der Waals surface area contributed by atoms with E-state index >= 15 is 0 Å². The normalized spacial score (nSPS) is 10.3. The third kappa shape index (κ3) is 4.72. The van der Waals surface area contributed by atoms with E-state index in [0.717, 1.165) is 13.1 Å². The van der Waals surface area contributed by atoms with Crippen molar-refractivity contribution < 1.29 is 9.53 Å². The lowest BCUT2D eigenvalue weighted by atomic mass is 10.2. The van der Waals surface area contributed by atoms with Gasteiger partial charge in [0.1, 0.15) is 11.5 Å². The van der Waals surface area contributed by atoms with Gasteiger partial charge in [0.15, 0.2) is 0 Å². The van der Waals surface area contributed by atoms with Crippen LogP contribution in [0.2, 0.25) is 5.02 Å². The van der Waals surface area contributed by atoms with Gasteiger partial charge in [0.05, 0.1) is 5.02 Å². The minimum absolute atomic E-state index is 0.157. The average Bonchev–Trinajstić information content (AvgIpc) is 2.54. The zero-order chi connectivity index (χ0) is 15.8. The Balaban J connectivity index is 1.98. The van der Waals surface area contributed by atoms with Crippen LogP contribution in [0.25, 0.3) is 0 Å². The molecule has 0 spiro atoms. The fourth-order valence-corrected chi connectivity index (χ4v) is 2.02. The molecule has 1 aromatic heterocycles. The number of rotatable bonds is 7. The minimum atomic E-state index is -0.157. The van der Waals surface area contributed by atoms with Crippen molar-refractivity contribution in [1.29, 1.82) is 0 Å². The first-order valence-corrected chi connectivity index (χ1v) is 7.45. The second kappa shape index (κ2) is 8.36. The Labute approximate surface area is 134 Å². The number of ether oxygens (including phenoxy) is 1. The molecular formula is C16H18ClN3O2. The van der Waals surface area contributed by atoms with Crippen LogP contribution in [0.15, 0.2) is 42.7 Å². The van der Waals surface area contributed by atoms with Gasteiger partial charge in [-0.2, -0.15) is 0 Å². The Morgan fingerprint density at radius 2 is 2.00 bits per heavy atom. The molecule has 0 aliphatic rings. The summed E-state index contributed by atoms with van der Waals surface area (Å²) in [5.41, 5.74) is 0.503. The summed E-state index contributed by atoms with van der Waals surface area (Å²) < 4.78 is 5.64. The summed E-state index contributed by atoms with van der Waals surface area (Å²) in [7, 11) is 0. The maximum Gasteiger partial charge on any atom is 0.251 e. The monoisotopic (exact) mass is 319 g/mol. The number of pyridine rings is 1. The molecule has 2 rings (SSSR count). The summed E-state index contributed by atoms with van der Waals surface area (Å²) >= 11 is 6.17. The smallest absolute Gasteiger partial charge is 0.251 e. The third-order valence-electron chi connectivity index (χ3n) is 2.91. The summed E-state index contributed by atoms with van der Waals surface area (Å²) in [6.07, 6.45) is 3.27. The van der Waals surface area contributed by atoms with Crippen LogP contribution in [0, 0.1) is 0 Å². The summed E-state index contributed by atoms with van der Waals surface area (Å²) in [6, 6.07) is 8.43. The molecule has 6 heteroatoms. The molecule has 2 N–H and O–H groups in total. The number of likely N-dealkylation sites (N-methyl/N-ethyl adjacent to an activating group) is 1. The van der Waals surface area contributed by atoms with Crippen LogP contribution in [0.4, 0.5) is 0 Å². The standard InChI is InChI=1S/C16H18ClN3O2/c1-2-18-9-10-20-16(21)12-3-4-15(14(17)11-12)22-13-5-7-19-8-6-13/h3-8,11,18H,2,9-10H2,1H3,(H,20,21). The molecule has 1 heterocycles. The molecule has 1 amide bonds. The van der Waals surface area contributed by atoms with Crippen LogP contribution < -0.4 is 15.4 Å². The molecule has 116 valence electrons. The molecule has 0 aliphatic heterocycles. The Hall–Kier alpha value is -2.11. The molecule has 0 atom stereocenters. The van der Waals surface area contributed by atoms with Gasteiger partial charge >= 0.3 is 0 Å². The Morgan fingerprint density at radius 3 is 2.68 bits per heavy atom. The van der Waals surface area contributed by atoms with Gasteiger partial charge in [-0.1, -0.05) is 18.5 Å². The van der Waals surface area contributed by atoms with E-state index in [1.54, 1.807) is 42.7 Å². The highest BCUT2D eigenvalue weighted by molar-refractivity contribution is 6.32. The SMILES string of the molecule is CCNCCNC(=O)c1ccc(Oc2ccncc2)c(Cl)c1. The fraction of sp³-hybridized carbons (Fsp3) is 0.250. The quantitative estimate of drug-likeness (QED) is 0.770. The number of amides is 1. The molecule has 22 heavy (non-hydrogen) atoms. The van der Waals surface area contributed by atoms with Crippen molar-refractivity contribution in [3.05, 3.63) is 53.3 Å². The van der Waals surface area contributed by atoms with Crippen molar-refractivity contribution in [2.75, 3.05) is 19.6 Å². The Kier molecular flexibility index (Phi) is 6.18. The molecule has 0 bridgehead atoms. The lowest BCUT2D eigenvalue weighted by molar-refractivity contribution is 0.0954. The summed E-state index contributed by atoms with van der Waals surface area (Å²) in [5, 5.41) is 6.34. The Morgan fingerprint density at radius 1 is 1.23 bits per heavy atom. The maximum absolute atomic E-state index is 12.0. The molecule has 0 radical (unpaired) electrons. The number of nitrogens with one attached hydrogen (secondary N) is 2. The molecule has 0 saturated carbocycles. The Bertz CT molecular complexity index is 620. The van der Waals surface area contributed by atoms with Gasteiger partial charge in [-0.3, -0.25) is 9.78 Å². The highest BCUT2D eigenvalue weighted by Gasteiger charge is 2.09. The van der Waals surface area contributed by atoms with Crippen molar-refractivity contribution in [3.8, 4) is 11.5 Å². The summed E-state index contributed by atoms with van der Waals surface area (Å²) in [6.45, 7) is 4.20. The lowest BCUT2D eigenvalue weighted by Gasteiger charge is -2.09. The number of nitrogens with zero attached hydrogens (tertiary/aromatic N) is 1. The van der Waals surface area contributed by atoms with Crippen molar-refractivity contribution in [2.24, 2.45) is 0 Å². The van der Waals surface area contributed by atoms with Crippen LogP contribution in [0.1, 0.15) is 17.3 Å². The lowest BCUT2D eigenvalue weighted by Crippen LogP contribution is -2.31. The number of carbonyl (C=O) groups is 1. The van der Waals surface area contributed by atoms with Crippen molar-refractivity contribution in [2.45, 2.75) is 6.92 Å². The average molecular weight is 320 g/mol. The van der Waals surface area contributed by atoms with E-state index in [4.69, 9.17) is 16.3 Å². The van der Waals surface area contributed by atoms with E-state index in [1.807, 2.05) is 6.92 Å². The topological polar surface area (TPSA) is 63.2 Å². The van der Waals surface area contributed by atoms with E-state index < -0.39 is 0 Å². The number of halogens is 1. The number of hydrogen-bond donors (Lipinski definition) is 2. The number of aromatic nitrogens is 1. The second-order valence-corrected chi connectivity index (χ2v) is 4.95. The van der Waals surface area contributed by atoms with Crippen molar-refractivity contribution in [3.63, 3.8) is 0 Å². The molecule has 0 saturated heterocycles. The number of hydrogen-bond acceptors (Lipinski definition) is 4. The van der Waals surface area contributed by atoms with E-state index in [1.165, 1.54) is 0 Å². The van der Waals surface area contributed by atoms with E-state index in [-0.39, 0.29) is 5.91 Å². The third-order valence-corrected chi connectivity index (χ3v) is 3.20. The number of benzene rings is 1. The van der Waals surface area contributed by atoms with E-state index in [0.29, 0.717) is 28.6 Å². The minimum Gasteiger partial charge on any atom is -0.456 e. The first kappa shape index (κ1) is 16.3. The van der Waals surface area contributed by atoms with Crippen LogP contribution >= 0.6 is 11.6 Å². The molecular weight excluding hydrogens is 302 g/mol. The first-order valence-electron chi connectivity index (χ1n) is 7.07.